The zero-order valence-electron chi connectivity index (χ0n) is 19.8. The van der Waals surface area contributed by atoms with Gasteiger partial charge in [-0.2, -0.15) is 0 Å². The van der Waals surface area contributed by atoms with Gasteiger partial charge in [-0.05, 0) is 74.4 Å². The number of anilines is 1. The summed E-state index contributed by atoms with van der Waals surface area (Å²) in [6.45, 7) is 4.09. The largest absolute Gasteiger partial charge is 0.497 e. The molecule has 0 aliphatic carbocycles. The fourth-order valence-electron chi connectivity index (χ4n) is 4.23. The van der Waals surface area contributed by atoms with Crippen molar-refractivity contribution < 1.29 is 24.2 Å². The van der Waals surface area contributed by atoms with E-state index < -0.39 is 11.9 Å². The number of aromatic carboxylic acids is 1. The molecule has 7 heteroatoms. The van der Waals surface area contributed by atoms with Gasteiger partial charge >= 0.3 is 5.97 Å². The molecule has 35 heavy (non-hydrogen) atoms. The highest BCUT2D eigenvalue weighted by Gasteiger charge is 2.28. The minimum atomic E-state index is -1.18. The molecular weight excluding hydrogens is 444 g/mol. The molecule has 0 spiro atoms. The van der Waals surface area contributed by atoms with Crippen LogP contribution in [-0.2, 0) is 6.42 Å². The molecule has 4 rings (SSSR count). The zero-order chi connectivity index (χ0) is 25.2. The number of carboxylic acids is 1. The van der Waals surface area contributed by atoms with Crippen molar-refractivity contribution in [3.63, 3.8) is 0 Å². The molecule has 1 aliphatic rings. The van der Waals surface area contributed by atoms with Gasteiger partial charge in [0.2, 0.25) is 0 Å². The molecule has 178 valence electrons. The van der Waals surface area contributed by atoms with E-state index in [9.17, 15) is 19.5 Å². The molecule has 0 aromatic heterocycles. The summed E-state index contributed by atoms with van der Waals surface area (Å²) in [5, 5.41) is 12.0. The molecule has 0 unspecified atom stereocenters. The fourth-order valence-corrected chi connectivity index (χ4v) is 4.23. The summed E-state index contributed by atoms with van der Waals surface area (Å²) in [7, 11) is 1.61. The summed E-state index contributed by atoms with van der Waals surface area (Å²) in [6, 6.07) is 18.4. The second-order valence-corrected chi connectivity index (χ2v) is 9.05. The van der Waals surface area contributed by atoms with Crippen LogP contribution in [0.4, 0.5) is 5.69 Å². The van der Waals surface area contributed by atoms with Gasteiger partial charge < -0.3 is 15.2 Å². The van der Waals surface area contributed by atoms with Crippen LogP contribution in [0, 0.1) is 0 Å². The number of carbonyl (C=O) groups excluding carboxylic acids is 2. The van der Waals surface area contributed by atoms with Crippen LogP contribution in [0.2, 0.25) is 0 Å². The van der Waals surface area contributed by atoms with Gasteiger partial charge in [0.1, 0.15) is 5.75 Å². The molecule has 0 saturated heterocycles. The molecular formula is C28H26N2O5. The Labute approximate surface area is 203 Å². The lowest BCUT2D eigenvalue weighted by atomic mass is 9.85. The molecule has 0 atom stereocenters. The van der Waals surface area contributed by atoms with Crippen molar-refractivity contribution >= 4 is 29.1 Å². The second kappa shape index (κ2) is 9.54. The van der Waals surface area contributed by atoms with Crippen LogP contribution in [0.15, 0.2) is 71.7 Å². The molecule has 2 N–H and O–H groups in total. The number of ether oxygens (including phenoxy) is 1. The Hall–Kier alpha value is -4.26. The minimum Gasteiger partial charge on any atom is -0.497 e. The number of amides is 1. The maximum atomic E-state index is 13.1. The highest BCUT2D eigenvalue weighted by molar-refractivity contribution is 6.17. The lowest BCUT2D eigenvalue weighted by Crippen LogP contribution is -2.30. The number of fused-ring (bicyclic) bond motifs is 1. The first-order valence-electron chi connectivity index (χ1n) is 11.2. The number of methoxy groups -OCH3 is 1. The van der Waals surface area contributed by atoms with Crippen molar-refractivity contribution in [2.75, 3.05) is 12.4 Å². The van der Waals surface area contributed by atoms with E-state index >= 15 is 0 Å². The van der Waals surface area contributed by atoms with Gasteiger partial charge in [-0.3, -0.25) is 14.6 Å². The Morgan fingerprint density at radius 3 is 2.34 bits per heavy atom. The quantitative estimate of drug-likeness (QED) is 0.471. The topological polar surface area (TPSA) is 105 Å². The number of ketones is 1. The number of benzene rings is 3. The number of nitrogens with zero attached hydrogens (tertiary/aromatic N) is 1. The molecule has 3 aromatic carbocycles. The van der Waals surface area contributed by atoms with Gasteiger partial charge in [-0.1, -0.05) is 18.2 Å². The molecule has 1 aliphatic heterocycles. The smallest absolute Gasteiger partial charge is 0.336 e. The number of hydrogen-bond acceptors (Lipinski definition) is 5. The third-order valence-corrected chi connectivity index (χ3v) is 5.88. The van der Waals surface area contributed by atoms with E-state index in [1.807, 2.05) is 32.0 Å². The number of hydrogen-bond donors (Lipinski definition) is 2. The Morgan fingerprint density at radius 2 is 1.69 bits per heavy atom. The summed E-state index contributed by atoms with van der Waals surface area (Å²) in [4.78, 5) is 41.9. The monoisotopic (exact) mass is 470 g/mol. The number of carbonyl (C=O) groups is 3. The van der Waals surface area contributed by atoms with Crippen LogP contribution < -0.4 is 10.1 Å². The summed E-state index contributed by atoms with van der Waals surface area (Å²) in [5.74, 6) is -1.09. The lowest BCUT2D eigenvalue weighted by Gasteiger charge is -2.29. The molecule has 0 fully saturated rings. The Kier molecular flexibility index (Phi) is 6.51. The Balaban J connectivity index is 1.51. The van der Waals surface area contributed by atoms with Crippen molar-refractivity contribution in [2.24, 2.45) is 4.99 Å². The number of carboxylic acid groups (broad SMARTS) is 1. The van der Waals surface area contributed by atoms with E-state index in [4.69, 9.17) is 9.73 Å². The summed E-state index contributed by atoms with van der Waals surface area (Å²) < 4.78 is 5.36. The van der Waals surface area contributed by atoms with Crippen LogP contribution in [0.3, 0.4) is 0 Å². The molecule has 0 saturated carbocycles. The Morgan fingerprint density at radius 1 is 1.00 bits per heavy atom. The van der Waals surface area contributed by atoms with Crippen LogP contribution in [0.5, 0.6) is 5.75 Å². The summed E-state index contributed by atoms with van der Waals surface area (Å²) >= 11 is 0. The average Bonchev–Trinajstić information content (AvgIpc) is 2.83. The fraction of sp³-hybridized carbons (Fsp3) is 0.214. The van der Waals surface area contributed by atoms with Gasteiger partial charge in [0, 0.05) is 16.8 Å². The normalized spacial score (nSPS) is 13.9. The van der Waals surface area contributed by atoms with E-state index in [1.165, 1.54) is 12.1 Å². The summed E-state index contributed by atoms with van der Waals surface area (Å²) in [6.07, 6.45) is 0.921. The van der Waals surface area contributed by atoms with Gasteiger partial charge in [0.25, 0.3) is 5.91 Å². The van der Waals surface area contributed by atoms with Crippen molar-refractivity contribution in [1.29, 1.82) is 0 Å². The van der Waals surface area contributed by atoms with Crippen molar-refractivity contribution in [2.45, 2.75) is 32.2 Å². The molecule has 1 heterocycles. The lowest BCUT2D eigenvalue weighted by molar-refractivity contribution is 0.0692. The highest BCUT2D eigenvalue weighted by atomic mass is 16.5. The SMILES string of the molecule is COc1ccc2c(c1)C(CC(=O)c1ccc(NC(=O)c3ccccc3C(=O)O)cc1)=NC(C)(C)C2. The number of Topliss-reactive ketones (excluding diaryl/α,β-unsaturated/α-hetero) is 1. The predicted molar refractivity (Wildman–Crippen MR) is 134 cm³/mol. The first kappa shape index (κ1) is 23.9. The van der Waals surface area contributed by atoms with E-state index in [-0.39, 0.29) is 28.9 Å². The molecule has 3 aromatic rings. The maximum absolute atomic E-state index is 13.1. The predicted octanol–water partition coefficient (Wildman–Crippen LogP) is 5.04. The molecule has 0 radical (unpaired) electrons. The average molecular weight is 471 g/mol. The summed E-state index contributed by atoms with van der Waals surface area (Å²) in [5.41, 5.74) is 3.41. The van der Waals surface area contributed by atoms with Crippen molar-refractivity contribution in [3.05, 3.63) is 94.5 Å². The van der Waals surface area contributed by atoms with Crippen LogP contribution in [-0.4, -0.2) is 41.1 Å². The Bertz CT molecular complexity index is 1340. The van der Waals surface area contributed by atoms with E-state index in [0.717, 1.165) is 23.3 Å². The first-order valence-corrected chi connectivity index (χ1v) is 11.2. The van der Waals surface area contributed by atoms with Gasteiger partial charge in [0.15, 0.2) is 5.78 Å². The standard InChI is InChI=1S/C28H26N2O5/c1-28(2)16-18-10-13-20(35-3)14-23(18)24(30-28)15-25(31)17-8-11-19(12-9-17)29-26(32)21-6-4-5-7-22(21)27(33)34/h4-14H,15-16H2,1-3H3,(H,29,32)(H,33,34). The number of aliphatic imine (C=N–C) groups is 1. The van der Waals surface area contributed by atoms with E-state index in [1.54, 1.807) is 43.5 Å². The first-order chi connectivity index (χ1) is 16.7. The van der Waals surface area contributed by atoms with Crippen molar-refractivity contribution in [3.8, 4) is 5.75 Å². The van der Waals surface area contributed by atoms with E-state index in [2.05, 4.69) is 5.32 Å². The third kappa shape index (κ3) is 5.30. The zero-order valence-corrected chi connectivity index (χ0v) is 19.8. The molecule has 0 bridgehead atoms. The molecule has 1 amide bonds. The minimum absolute atomic E-state index is 0.0622. The van der Waals surface area contributed by atoms with Crippen LogP contribution in [0.25, 0.3) is 0 Å². The van der Waals surface area contributed by atoms with Gasteiger partial charge in [-0.25, -0.2) is 4.79 Å². The second-order valence-electron chi connectivity index (χ2n) is 9.05. The van der Waals surface area contributed by atoms with E-state index in [0.29, 0.717) is 17.0 Å². The third-order valence-electron chi connectivity index (χ3n) is 5.88. The van der Waals surface area contributed by atoms with Gasteiger partial charge in [0.05, 0.1) is 35.9 Å². The highest BCUT2D eigenvalue weighted by Crippen LogP contribution is 2.31. The maximum Gasteiger partial charge on any atom is 0.336 e. The van der Waals surface area contributed by atoms with Gasteiger partial charge in [-0.15, -0.1) is 0 Å². The molecule has 7 nitrogen and oxygen atoms in total. The van der Waals surface area contributed by atoms with Crippen molar-refractivity contribution in [1.82, 2.24) is 0 Å². The van der Waals surface area contributed by atoms with Crippen LogP contribution >= 0.6 is 0 Å². The van der Waals surface area contributed by atoms with Crippen LogP contribution in [0.1, 0.15) is 62.5 Å². The number of nitrogens with one attached hydrogen (secondary N) is 1. The number of rotatable bonds is 7.